The standard InChI is InChI=1S/C22H28N4O3/c1-25(17-19-7-9-20(10-8-19)26-11-13-29-14-12-26)21(27)16-24-22(28)23-15-18-5-3-2-4-6-18/h2-10H,11-17H2,1H3,(H2,23,24,28). The van der Waals surface area contributed by atoms with Crippen molar-refractivity contribution in [1.82, 2.24) is 15.5 Å². The van der Waals surface area contributed by atoms with Gasteiger partial charge in [0.2, 0.25) is 5.91 Å². The van der Waals surface area contributed by atoms with Crippen molar-refractivity contribution < 1.29 is 14.3 Å². The molecule has 29 heavy (non-hydrogen) atoms. The molecule has 0 aromatic heterocycles. The highest BCUT2D eigenvalue weighted by Crippen LogP contribution is 2.17. The number of nitrogens with zero attached hydrogens (tertiary/aromatic N) is 2. The summed E-state index contributed by atoms with van der Waals surface area (Å²) in [6.45, 7) is 4.19. The molecule has 1 aliphatic rings. The molecule has 154 valence electrons. The number of rotatable bonds is 7. The summed E-state index contributed by atoms with van der Waals surface area (Å²) in [5.74, 6) is -0.142. The first kappa shape index (κ1) is 20.7. The average molecular weight is 396 g/mol. The van der Waals surface area contributed by atoms with E-state index in [0.717, 1.165) is 37.4 Å². The van der Waals surface area contributed by atoms with Crippen molar-refractivity contribution in [3.63, 3.8) is 0 Å². The number of hydrogen-bond acceptors (Lipinski definition) is 4. The molecule has 2 aromatic carbocycles. The fourth-order valence-corrected chi connectivity index (χ4v) is 3.13. The molecular formula is C22H28N4O3. The van der Waals surface area contributed by atoms with Crippen LogP contribution in [0.25, 0.3) is 0 Å². The fraction of sp³-hybridized carbons (Fsp3) is 0.364. The molecule has 0 saturated carbocycles. The lowest BCUT2D eigenvalue weighted by molar-refractivity contribution is -0.129. The minimum absolute atomic E-state index is 0.0387. The summed E-state index contributed by atoms with van der Waals surface area (Å²) < 4.78 is 5.38. The minimum atomic E-state index is -0.356. The van der Waals surface area contributed by atoms with Crippen molar-refractivity contribution in [3.8, 4) is 0 Å². The van der Waals surface area contributed by atoms with Gasteiger partial charge in [-0.3, -0.25) is 4.79 Å². The van der Waals surface area contributed by atoms with Crippen molar-refractivity contribution in [1.29, 1.82) is 0 Å². The first-order chi connectivity index (χ1) is 14.1. The van der Waals surface area contributed by atoms with E-state index in [-0.39, 0.29) is 18.5 Å². The second-order valence-electron chi connectivity index (χ2n) is 7.04. The van der Waals surface area contributed by atoms with E-state index in [0.29, 0.717) is 13.1 Å². The summed E-state index contributed by atoms with van der Waals surface area (Å²) in [6, 6.07) is 17.5. The van der Waals surface area contributed by atoms with Gasteiger partial charge in [-0.2, -0.15) is 0 Å². The number of hydrogen-bond donors (Lipinski definition) is 2. The van der Waals surface area contributed by atoms with Crippen LogP contribution in [0.2, 0.25) is 0 Å². The van der Waals surface area contributed by atoms with Gasteiger partial charge in [0.25, 0.3) is 0 Å². The molecule has 0 radical (unpaired) electrons. The van der Waals surface area contributed by atoms with E-state index < -0.39 is 0 Å². The number of benzene rings is 2. The Balaban J connectivity index is 1.39. The number of amides is 3. The third-order valence-electron chi connectivity index (χ3n) is 4.85. The van der Waals surface area contributed by atoms with Gasteiger partial charge in [0, 0.05) is 38.9 Å². The molecular weight excluding hydrogens is 368 g/mol. The molecule has 0 unspecified atom stereocenters. The normalized spacial score (nSPS) is 13.6. The summed E-state index contributed by atoms with van der Waals surface area (Å²) in [7, 11) is 1.74. The van der Waals surface area contributed by atoms with E-state index in [1.54, 1.807) is 11.9 Å². The molecule has 0 atom stereocenters. The Hall–Kier alpha value is -3.06. The second-order valence-corrected chi connectivity index (χ2v) is 7.04. The third-order valence-corrected chi connectivity index (χ3v) is 4.85. The highest BCUT2D eigenvalue weighted by atomic mass is 16.5. The summed E-state index contributed by atoms with van der Waals surface area (Å²) >= 11 is 0. The van der Waals surface area contributed by atoms with E-state index in [4.69, 9.17) is 4.74 Å². The summed E-state index contributed by atoms with van der Waals surface area (Å²) in [5.41, 5.74) is 3.22. The molecule has 1 aliphatic heterocycles. The third kappa shape index (κ3) is 6.50. The maximum atomic E-state index is 12.3. The SMILES string of the molecule is CN(Cc1ccc(N2CCOCC2)cc1)C(=O)CNC(=O)NCc1ccccc1. The Kier molecular flexibility index (Phi) is 7.47. The van der Waals surface area contributed by atoms with E-state index in [1.165, 1.54) is 5.69 Å². The van der Waals surface area contributed by atoms with E-state index in [9.17, 15) is 9.59 Å². The van der Waals surface area contributed by atoms with Gasteiger partial charge in [-0.25, -0.2) is 4.79 Å². The van der Waals surface area contributed by atoms with Crippen LogP contribution in [0.4, 0.5) is 10.5 Å². The highest BCUT2D eigenvalue weighted by Gasteiger charge is 2.13. The zero-order valence-electron chi connectivity index (χ0n) is 16.8. The van der Waals surface area contributed by atoms with Gasteiger partial charge in [-0.1, -0.05) is 42.5 Å². The Morgan fingerprint density at radius 1 is 0.966 bits per heavy atom. The maximum Gasteiger partial charge on any atom is 0.315 e. The van der Waals surface area contributed by atoms with E-state index >= 15 is 0 Å². The van der Waals surface area contributed by atoms with Gasteiger partial charge < -0.3 is 25.2 Å². The Morgan fingerprint density at radius 2 is 1.66 bits per heavy atom. The van der Waals surface area contributed by atoms with Crippen LogP contribution in [0.1, 0.15) is 11.1 Å². The molecule has 1 fully saturated rings. The Labute approximate surface area is 171 Å². The number of carbonyl (C=O) groups is 2. The van der Waals surface area contributed by atoms with E-state index in [2.05, 4.69) is 27.7 Å². The molecule has 2 aromatic rings. The van der Waals surface area contributed by atoms with Crippen LogP contribution in [0.15, 0.2) is 54.6 Å². The lowest BCUT2D eigenvalue weighted by Gasteiger charge is -2.29. The van der Waals surface area contributed by atoms with Crippen molar-refractivity contribution in [2.75, 3.05) is 44.8 Å². The zero-order chi connectivity index (χ0) is 20.5. The quantitative estimate of drug-likeness (QED) is 0.751. The molecule has 7 nitrogen and oxygen atoms in total. The number of nitrogens with one attached hydrogen (secondary N) is 2. The summed E-state index contributed by atoms with van der Waals surface area (Å²) in [5, 5.41) is 5.36. The predicted octanol–water partition coefficient (Wildman–Crippen LogP) is 1.98. The molecule has 1 saturated heterocycles. The number of ether oxygens (including phenoxy) is 1. The van der Waals surface area contributed by atoms with Crippen LogP contribution < -0.4 is 15.5 Å². The molecule has 3 rings (SSSR count). The molecule has 0 bridgehead atoms. The summed E-state index contributed by atoms with van der Waals surface area (Å²) in [6.07, 6.45) is 0. The van der Waals surface area contributed by atoms with E-state index in [1.807, 2.05) is 42.5 Å². The number of anilines is 1. The monoisotopic (exact) mass is 396 g/mol. The van der Waals surface area contributed by atoms with Crippen molar-refractivity contribution >= 4 is 17.6 Å². The predicted molar refractivity (Wildman–Crippen MR) is 113 cm³/mol. The molecule has 0 spiro atoms. The number of urea groups is 1. The van der Waals surface area contributed by atoms with Crippen LogP contribution in [0, 0.1) is 0 Å². The lowest BCUT2D eigenvalue weighted by Crippen LogP contribution is -2.42. The van der Waals surface area contributed by atoms with Crippen LogP contribution in [-0.2, 0) is 22.6 Å². The summed E-state index contributed by atoms with van der Waals surface area (Å²) in [4.78, 5) is 28.1. The van der Waals surface area contributed by atoms with Gasteiger partial charge in [-0.15, -0.1) is 0 Å². The molecule has 7 heteroatoms. The van der Waals surface area contributed by atoms with Gasteiger partial charge in [0.1, 0.15) is 0 Å². The van der Waals surface area contributed by atoms with Gasteiger partial charge >= 0.3 is 6.03 Å². The van der Waals surface area contributed by atoms with Crippen molar-refractivity contribution in [2.45, 2.75) is 13.1 Å². The number of carbonyl (C=O) groups excluding carboxylic acids is 2. The fourth-order valence-electron chi connectivity index (χ4n) is 3.13. The van der Waals surface area contributed by atoms with Crippen LogP contribution in [-0.4, -0.2) is 56.7 Å². The largest absolute Gasteiger partial charge is 0.378 e. The van der Waals surface area contributed by atoms with Gasteiger partial charge in [0.15, 0.2) is 0 Å². The minimum Gasteiger partial charge on any atom is -0.378 e. The molecule has 1 heterocycles. The van der Waals surface area contributed by atoms with Crippen LogP contribution >= 0.6 is 0 Å². The zero-order valence-corrected chi connectivity index (χ0v) is 16.8. The topological polar surface area (TPSA) is 73.9 Å². The van der Waals surface area contributed by atoms with Gasteiger partial charge in [0.05, 0.1) is 19.8 Å². The Bertz CT molecular complexity index is 789. The second kappa shape index (κ2) is 10.5. The first-order valence-electron chi connectivity index (χ1n) is 9.83. The molecule has 2 N–H and O–H groups in total. The molecule has 0 aliphatic carbocycles. The van der Waals surface area contributed by atoms with Crippen LogP contribution in [0.5, 0.6) is 0 Å². The van der Waals surface area contributed by atoms with Crippen molar-refractivity contribution in [2.24, 2.45) is 0 Å². The highest BCUT2D eigenvalue weighted by molar-refractivity contribution is 5.83. The maximum absolute atomic E-state index is 12.3. The lowest BCUT2D eigenvalue weighted by atomic mass is 10.1. The Morgan fingerprint density at radius 3 is 2.34 bits per heavy atom. The smallest absolute Gasteiger partial charge is 0.315 e. The first-order valence-corrected chi connectivity index (χ1v) is 9.83. The molecule has 3 amide bonds. The number of morpholine rings is 1. The average Bonchev–Trinajstić information content (AvgIpc) is 2.77. The van der Waals surface area contributed by atoms with Gasteiger partial charge in [-0.05, 0) is 23.3 Å². The number of likely N-dealkylation sites (N-methyl/N-ethyl adjacent to an activating group) is 1. The van der Waals surface area contributed by atoms with Crippen LogP contribution in [0.3, 0.4) is 0 Å². The van der Waals surface area contributed by atoms with Crippen molar-refractivity contribution in [3.05, 3.63) is 65.7 Å².